The van der Waals surface area contributed by atoms with Crippen LogP contribution in [0.5, 0.6) is 0 Å². The van der Waals surface area contributed by atoms with Crippen molar-refractivity contribution in [3.05, 3.63) is 52.6 Å². The van der Waals surface area contributed by atoms with Crippen LogP contribution >= 0.6 is 8.86 Å². The predicted octanol–water partition coefficient (Wildman–Crippen LogP) is 3.25. The Labute approximate surface area is 136 Å². The fourth-order valence-electron chi connectivity index (χ4n) is 1.84. The Kier molecular flexibility index (Phi) is 7.94. The average Bonchev–Trinajstić information content (AvgIpc) is 2.52. The Hall–Kier alpha value is -2.24. The van der Waals surface area contributed by atoms with Crippen LogP contribution in [0.3, 0.4) is 0 Å². The first kappa shape index (κ1) is 18.8. The second kappa shape index (κ2) is 9.71. The number of ether oxygens (including phenoxy) is 2. The number of hydrogen-bond donors (Lipinski definition) is 1. The van der Waals surface area contributed by atoms with Crippen LogP contribution in [0, 0.1) is 10.1 Å². The number of non-ortho nitro benzene ring substituents is 1. The summed E-state index contributed by atoms with van der Waals surface area (Å²) in [5, 5.41) is 13.6. The Morgan fingerprint density at radius 3 is 2.87 bits per heavy atom. The van der Waals surface area contributed by atoms with Gasteiger partial charge in [0.15, 0.2) is 0 Å². The average molecular weight is 338 g/mol. The van der Waals surface area contributed by atoms with Crippen LogP contribution in [0.2, 0.25) is 0 Å². The van der Waals surface area contributed by atoms with Crippen LogP contribution in [0.25, 0.3) is 0 Å². The summed E-state index contributed by atoms with van der Waals surface area (Å²) in [4.78, 5) is 22.2. The van der Waals surface area contributed by atoms with E-state index in [4.69, 9.17) is 9.47 Å². The van der Waals surface area contributed by atoms with Gasteiger partial charge in [0.05, 0.1) is 23.1 Å². The van der Waals surface area contributed by atoms with Gasteiger partial charge in [-0.3, -0.25) is 10.1 Å². The fraction of sp³-hybridized carbons (Fsp3) is 0.333. The number of alkyl carbamates (subject to hydrolysis) is 1. The van der Waals surface area contributed by atoms with Crippen LogP contribution in [-0.4, -0.2) is 29.7 Å². The maximum atomic E-state index is 11.8. The van der Waals surface area contributed by atoms with Crippen LogP contribution in [0.15, 0.2) is 36.9 Å². The number of carbonyl (C=O) groups excluding carboxylic acids is 1. The summed E-state index contributed by atoms with van der Waals surface area (Å²) in [6.45, 7) is 5.82. The summed E-state index contributed by atoms with van der Waals surface area (Å²) in [5.41, 5.74) is 1.04. The van der Waals surface area contributed by atoms with Crippen molar-refractivity contribution in [3.63, 3.8) is 0 Å². The maximum absolute atomic E-state index is 11.8. The topological polar surface area (TPSA) is 90.7 Å². The molecule has 1 aromatic carbocycles. The molecule has 124 valence electrons. The lowest BCUT2D eigenvalue weighted by molar-refractivity contribution is -0.384. The number of nitro benzene ring substituents is 1. The van der Waals surface area contributed by atoms with Gasteiger partial charge in [-0.05, 0) is 12.5 Å². The quantitative estimate of drug-likeness (QED) is 0.323. The lowest BCUT2D eigenvalue weighted by Crippen LogP contribution is -2.31. The van der Waals surface area contributed by atoms with Gasteiger partial charge in [-0.15, -0.1) is 0 Å². The molecule has 0 aliphatic heterocycles. The Bertz CT molecular complexity index is 591. The lowest BCUT2D eigenvalue weighted by Gasteiger charge is -2.19. The molecule has 0 saturated heterocycles. The number of nitrogens with zero attached hydrogens (tertiary/aromatic N) is 1. The van der Waals surface area contributed by atoms with Crippen molar-refractivity contribution in [2.24, 2.45) is 0 Å². The van der Waals surface area contributed by atoms with Gasteiger partial charge >= 0.3 is 6.09 Å². The molecule has 0 fully saturated rings. The van der Waals surface area contributed by atoms with Crippen molar-refractivity contribution in [2.75, 3.05) is 13.2 Å². The molecule has 1 N–H and O–H groups in total. The first-order valence-corrected chi connectivity index (χ1v) is 7.46. The van der Waals surface area contributed by atoms with Gasteiger partial charge in [-0.2, -0.15) is 0 Å². The van der Waals surface area contributed by atoms with E-state index in [1.165, 1.54) is 18.2 Å². The van der Waals surface area contributed by atoms with Crippen molar-refractivity contribution in [1.29, 1.82) is 0 Å². The first-order chi connectivity index (χ1) is 11.0. The van der Waals surface area contributed by atoms with Crippen molar-refractivity contribution < 1.29 is 19.2 Å². The monoisotopic (exact) mass is 338 g/mol. The molecule has 1 amide bonds. The molecule has 23 heavy (non-hydrogen) atoms. The van der Waals surface area contributed by atoms with E-state index in [-0.39, 0.29) is 12.3 Å². The van der Waals surface area contributed by atoms with Gasteiger partial charge in [-0.25, -0.2) is 4.79 Å². The van der Waals surface area contributed by atoms with E-state index >= 15 is 0 Å². The Morgan fingerprint density at radius 2 is 2.26 bits per heavy atom. The minimum atomic E-state index is -0.641. The third-order valence-corrected chi connectivity index (χ3v) is 3.16. The second-order valence-corrected chi connectivity index (χ2v) is 5.05. The normalized spacial score (nSPS) is 11.3. The van der Waals surface area contributed by atoms with E-state index in [0.717, 1.165) is 0 Å². The van der Waals surface area contributed by atoms with Crippen LogP contribution in [0.4, 0.5) is 10.5 Å². The molecule has 0 spiro atoms. The summed E-state index contributed by atoms with van der Waals surface area (Å²) in [5.74, 6) is 0. The highest BCUT2D eigenvalue weighted by Crippen LogP contribution is 2.23. The van der Waals surface area contributed by atoms with Crippen molar-refractivity contribution in [3.8, 4) is 0 Å². The number of benzene rings is 1. The maximum Gasteiger partial charge on any atom is 0.407 e. The molecule has 0 bridgehead atoms. The molecule has 1 unspecified atom stereocenters. The highest BCUT2D eigenvalue weighted by Gasteiger charge is 2.19. The minimum absolute atomic E-state index is 0.0549. The number of carbonyl (C=O) groups is 1. The van der Waals surface area contributed by atoms with Crippen LogP contribution in [-0.2, 0) is 9.47 Å². The zero-order valence-corrected chi connectivity index (χ0v) is 13.8. The number of nitrogens with one attached hydrogen (secondary N) is 1. The van der Waals surface area contributed by atoms with Crippen LogP contribution in [0.1, 0.15) is 24.9 Å². The van der Waals surface area contributed by atoms with Crippen LogP contribution < -0.4 is 5.32 Å². The van der Waals surface area contributed by atoms with E-state index < -0.39 is 17.1 Å². The second-order valence-electron chi connectivity index (χ2n) is 4.50. The molecule has 1 aromatic rings. The Morgan fingerprint density at radius 1 is 1.52 bits per heavy atom. The van der Waals surface area contributed by atoms with E-state index in [2.05, 4.69) is 20.8 Å². The molecule has 0 radical (unpaired) electrons. The molecule has 1 rings (SSSR count). The fourth-order valence-corrected chi connectivity index (χ4v) is 2.19. The zero-order chi connectivity index (χ0) is 17.2. The number of hydrogen-bond acceptors (Lipinski definition) is 5. The van der Waals surface area contributed by atoms with Crippen molar-refractivity contribution in [1.82, 2.24) is 5.32 Å². The van der Waals surface area contributed by atoms with Crippen molar-refractivity contribution in [2.45, 2.75) is 19.4 Å². The smallest absolute Gasteiger partial charge is 0.407 e. The number of amides is 1. The van der Waals surface area contributed by atoms with Gasteiger partial charge in [0.25, 0.3) is 5.69 Å². The highest BCUT2D eigenvalue weighted by molar-refractivity contribution is 7.20. The molecule has 0 aliphatic rings. The molecule has 8 heteroatoms. The summed E-state index contributed by atoms with van der Waals surface area (Å²) in [6.07, 6.45) is 1.11. The molecule has 1 atom stereocenters. The molecule has 7 nitrogen and oxygen atoms in total. The third kappa shape index (κ3) is 6.59. The molecule has 0 aliphatic carbocycles. The van der Waals surface area contributed by atoms with Gasteiger partial charge in [0.1, 0.15) is 6.61 Å². The van der Waals surface area contributed by atoms with E-state index in [1.807, 2.05) is 6.92 Å². The summed E-state index contributed by atoms with van der Waals surface area (Å²) >= 11 is 0. The minimum Gasteiger partial charge on any atom is -0.445 e. The largest absolute Gasteiger partial charge is 0.445 e. The van der Waals surface area contributed by atoms with E-state index in [9.17, 15) is 14.9 Å². The predicted molar refractivity (Wildman–Crippen MR) is 90.1 cm³/mol. The van der Waals surface area contributed by atoms with Gasteiger partial charge in [-0.1, -0.05) is 33.7 Å². The standard InChI is InChI=1S/C15H19N2O5P/c1-3-8-22-15(18)16-13(10-14(23)21-4-2)11-6-5-7-12(9-11)17(19)20/h3,5-7,9,13,23H,1,4,8,10H2,2H3,(H,16,18). The number of rotatable bonds is 9. The lowest BCUT2D eigenvalue weighted by atomic mass is 10.0. The van der Waals surface area contributed by atoms with Crippen molar-refractivity contribution >= 4 is 26.1 Å². The molecule has 0 saturated carbocycles. The summed E-state index contributed by atoms with van der Waals surface area (Å²) < 4.78 is 10.2. The molecular formula is C15H19N2O5P. The first-order valence-electron chi connectivity index (χ1n) is 6.96. The van der Waals surface area contributed by atoms with E-state index in [1.54, 1.807) is 12.1 Å². The summed E-state index contributed by atoms with van der Waals surface area (Å²) in [7, 11) is 3.33. The SMILES string of the molecule is C=CCOC(=O)NC(CC(=P)OCC)c1cccc([N+](=O)[O-])c1. The van der Waals surface area contributed by atoms with Gasteiger partial charge in [0.2, 0.25) is 0 Å². The number of nitro groups is 1. The molecule has 0 heterocycles. The zero-order valence-electron chi connectivity index (χ0n) is 12.8. The third-order valence-electron chi connectivity index (χ3n) is 2.82. The summed E-state index contributed by atoms with van der Waals surface area (Å²) in [6, 6.07) is 5.51. The Balaban J connectivity index is 2.95. The van der Waals surface area contributed by atoms with Gasteiger partial charge < -0.3 is 14.8 Å². The van der Waals surface area contributed by atoms with Gasteiger partial charge in [0, 0.05) is 18.6 Å². The van der Waals surface area contributed by atoms with E-state index in [0.29, 0.717) is 24.1 Å². The molecular weight excluding hydrogens is 319 g/mol. The molecule has 0 aromatic heterocycles. The highest BCUT2D eigenvalue weighted by atomic mass is 31.0.